The minimum Gasteiger partial charge on any atom is -0.338 e. The van der Waals surface area contributed by atoms with Crippen LogP contribution in [0.5, 0.6) is 0 Å². The first-order valence-electron chi connectivity index (χ1n) is 7.92. The normalized spacial score (nSPS) is 13.9. The molecule has 1 aromatic heterocycles. The molecule has 23 heavy (non-hydrogen) atoms. The lowest BCUT2D eigenvalue weighted by Gasteiger charge is -2.24. The number of carbonyl (C=O) groups excluding carboxylic acids is 1. The van der Waals surface area contributed by atoms with Gasteiger partial charge in [-0.25, -0.2) is 9.36 Å². The van der Waals surface area contributed by atoms with Crippen molar-refractivity contribution in [1.29, 1.82) is 5.26 Å². The number of amides is 1. The second-order valence-electron chi connectivity index (χ2n) is 6.29. The molecule has 1 aliphatic carbocycles. The number of carbonyl (C=O) groups is 1. The van der Waals surface area contributed by atoms with Gasteiger partial charge in [-0.05, 0) is 25.7 Å². The van der Waals surface area contributed by atoms with Crippen LogP contribution < -0.4 is 11.2 Å². The van der Waals surface area contributed by atoms with Crippen molar-refractivity contribution in [3.05, 3.63) is 32.6 Å². The van der Waals surface area contributed by atoms with Crippen LogP contribution in [0.15, 0.2) is 15.8 Å². The fraction of sp³-hybridized carbons (Fsp3) is 0.625. The number of nitrogens with zero attached hydrogens (tertiary/aromatic N) is 4. The molecule has 1 aliphatic rings. The fourth-order valence-corrected chi connectivity index (χ4v) is 2.56. The Morgan fingerprint density at radius 2 is 2.09 bits per heavy atom. The highest BCUT2D eigenvalue weighted by atomic mass is 16.2. The summed E-state index contributed by atoms with van der Waals surface area (Å²) in [7, 11) is 0. The van der Waals surface area contributed by atoms with E-state index in [2.05, 4.69) is 0 Å². The molecule has 1 amide bonds. The predicted molar refractivity (Wildman–Crippen MR) is 84.9 cm³/mol. The van der Waals surface area contributed by atoms with Gasteiger partial charge in [-0.1, -0.05) is 13.8 Å². The molecule has 0 bridgehead atoms. The minimum absolute atomic E-state index is 0.124. The van der Waals surface area contributed by atoms with Crippen molar-refractivity contribution in [1.82, 2.24) is 14.0 Å². The van der Waals surface area contributed by atoms with Crippen molar-refractivity contribution in [2.75, 3.05) is 6.54 Å². The maximum absolute atomic E-state index is 12.6. The van der Waals surface area contributed by atoms with Crippen molar-refractivity contribution in [2.45, 2.75) is 52.7 Å². The molecule has 0 N–H and O–H groups in total. The van der Waals surface area contributed by atoms with Gasteiger partial charge in [-0.2, -0.15) is 5.26 Å². The molecule has 1 fully saturated rings. The molecule has 1 heterocycles. The molecule has 124 valence electrons. The molecular formula is C16H22N4O3. The number of nitriles is 1. The van der Waals surface area contributed by atoms with Gasteiger partial charge >= 0.3 is 5.69 Å². The predicted octanol–water partition coefficient (Wildman–Crippen LogP) is 0.549. The summed E-state index contributed by atoms with van der Waals surface area (Å²) in [5.74, 6) is 0.0761. The SMILES string of the molecule is CCn1cc(C#N)c(=O)n(CC(=O)N(CC(C)C)C2CC2)c1=O. The number of rotatable bonds is 6. The van der Waals surface area contributed by atoms with Crippen LogP contribution in [-0.4, -0.2) is 32.5 Å². The summed E-state index contributed by atoms with van der Waals surface area (Å²) in [6, 6.07) is 2.01. The molecule has 1 saturated carbocycles. The van der Waals surface area contributed by atoms with Crippen molar-refractivity contribution in [3.8, 4) is 6.07 Å². The maximum Gasteiger partial charge on any atom is 0.331 e. The van der Waals surface area contributed by atoms with Crippen molar-refractivity contribution >= 4 is 5.91 Å². The van der Waals surface area contributed by atoms with E-state index in [1.165, 1.54) is 10.8 Å². The highest BCUT2D eigenvalue weighted by Gasteiger charge is 2.33. The van der Waals surface area contributed by atoms with Crippen molar-refractivity contribution < 1.29 is 4.79 Å². The fourth-order valence-electron chi connectivity index (χ4n) is 2.56. The molecule has 7 nitrogen and oxygen atoms in total. The third-order valence-electron chi connectivity index (χ3n) is 3.86. The van der Waals surface area contributed by atoms with Gasteiger partial charge in [-0.3, -0.25) is 14.2 Å². The minimum atomic E-state index is -0.698. The lowest BCUT2D eigenvalue weighted by atomic mass is 10.2. The quantitative estimate of drug-likeness (QED) is 0.766. The molecule has 0 unspecified atom stereocenters. The van der Waals surface area contributed by atoms with Crippen LogP contribution in [0.2, 0.25) is 0 Å². The second kappa shape index (κ2) is 6.82. The van der Waals surface area contributed by atoms with E-state index >= 15 is 0 Å². The highest BCUT2D eigenvalue weighted by molar-refractivity contribution is 5.76. The molecule has 0 aromatic carbocycles. The molecule has 2 rings (SSSR count). The summed E-state index contributed by atoms with van der Waals surface area (Å²) in [6.45, 7) is 6.42. The van der Waals surface area contributed by atoms with E-state index in [0.717, 1.165) is 17.4 Å². The summed E-state index contributed by atoms with van der Waals surface area (Å²) < 4.78 is 2.15. The largest absolute Gasteiger partial charge is 0.338 e. The van der Waals surface area contributed by atoms with E-state index < -0.39 is 11.2 Å². The molecule has 0 atom stereocenters. The van der Waals surface area contributed by atoms with Gasteiger partial charge in [0.15, 0.2) is 0 Å². The van der Waals surface area contributed by atoms with Gasteiger partial charge < -0.3 is 4.90 Å². The van der Waals surface area contributed by atoms with Gasteiger partial charge in [0.05, 0.1) is 0 Å². The summed E-state index contributed by atoms with van der Waals surface area (Å²) in [5, 5.41) is 9.04. The first-order chi connectivity index (χ1) is 10.9. The van der Waals surface area contributed by atoms with Gasteiger partial charge in [0.2, 0.25) is 5.91 Å². The number of aromatic nitrogens is 2. The summed E-state index contributed by atoms with van der Waals surface area (Å²) in [4.78, 5) is 38.8. The van der Waals surface area contributed by atoms with E-state index in [9.17, 15) is 14.4 Å². The zero-order valence-corrected chi connectivity index (χ0v) is 13.8. The van der Waals surface area contributed by atoms with Gasteiger partial charge in [0.1, 0.15) is 18.2 Å². The van der Waals surface area contributed by atoms with Crippen LogP contribution in [0.4, 0.5) is 0 Å². The van der Waals surface area contributed by atoms with E-state index in [-0.39, 0.29) is 24.1 Å². The van der Waals surface area contributed by atoms with Crippen LogP contribution in [-0.2, 0) is 17.9 Å². The van der Waals surface area contributed by atoms with Crippen LogP contribution in [0.3, 0.4) is 0 Å². The van der Waals surface area contributed by atoms with Crippen molar-refractivity contribution in [2.24, 2.45) is 5.92 Å². The highest BCUT2D eigenvalue weighted by Crippen LogP contribution is 2.27. The standard InChI is InChI=1S/C16H22N4O3/c1-4-18-9-12(7-17)15(22)20(16(18)23)10-14(21)19(8-11(2)3)13-5-6-13/h9,11,13H,4-6,8,10H2,1-3H3. The molecular weight excluding hydrogens is 296 g/mol. The Labute approximate surface area is 134 Å². The van der Waals surface area contributed by atoms with Gasteiger partial charge in [-0.15, -0.1) is 0 Å². The molecule has 0 radical (unpaired) electrons. The topological polar surface area (TPSA) is 88.1 Å². The van der Waals surface area contributed by atoms with E-state index in [1.54, 1.807) is 17.9 Å². The molecule has 0 aliphatic heterocycles. The Balaban J connectivity index is 2.35. The first kappa shape index (κ1) is 17.0. The lowest BCUT2D eigenvalue weighted by Crippen LogP contribution is -2.46. The summed E-state index contributed by atoms with van der Waals surface area (Å²) >= 11 is 0. The van der Waals surface area contributed by atoms with Crippen LogP contribution >= 0.6 is 0 Å². The Kier molecular flexibility index (Phi) is 5.04. The Hall–Kier alpha value is -2.36. The van der Waals surface area contributed by atoms with E-state index in [1.807, 2.05) is 13.8 Å². The second-order valence-corrected chi connectivity index (χ2v) is 6.29. The average molecular weight is 318 g/mol. The summed E-state index contributed by atoms with van der Waals surface area (Å²) in [6.07, 6.45) is 3.17. The Morgan fingerprint density at radius 1 is 1.43 bits per heavy atom. The molecule has 7 heteroatoms. The smallest absolute Gasteiger partial charge is 0.331 e. The first-order valence-corrected chi connectivity index (χ1v) is 7.92. The zero-order chi connectivity index (χ0) is 17.1. The number of hydrogen-bond donors (Lipinski definition) is 0. The zero-order valence-electron chi connectivity index (χ0n) is 13.8. The lowest BCUT2D eigenvalue weighted by molar-refractivity contribution is -0.133. The van der Waals surface area contributed by atoms with Crippen molar-refractivity contribution in [3.63, 3.8) is 0 Å². The molecule has 0 spiro atoms. The van der Waals surface area contributed by atoms with E-state index in [4.69, 9.17) is 5.26 Å². The van der Waals surface area contributed by atoms with Crippen LogP contribution in [0, 0.1) is 17.2 Å². The molecule has 0 saturated heterocycles. The average Bonchev–Trinajstić information content (AvgIpc) is 3.33. The number of aryl methyl sites for hydroxylation is 1. The van der Waals surface area contributed by atoms with Crippen LogP contribution in [0.1, 0.15) is 39.2 Å². The van der Waals surface area contributed by atoms with E-state index in [0.29, 0.717) is 19.0 Å². The van der Waals surface area contributed by atoms with Crippen LogP contribution in [0.25, 0.3) is 0 Å². The third-order valence-corrected chi connectivity index (χ3v) is 3.86. The van der Waals surface area contributed by atoms with Gasteiger partial charge in [0, 0.05) is 25.3 Å². The molecule has 1 aromatic rings. The Morgan fingerprint density at radius 3 is 2.57 bits per heavy atom. The Bertz CT molecular complexity index is 750. The maximum atomic E-state index is 12.6. The number of hydrogen-bond acceptors (Lipinski definition) is 4. The summed E-state index contributed by atoms with van der Waals surface area (Å²) in [5.41, 5.74) is -1.37. The monoisotopic (exact) mass is 318 g/mol. The van der Waals surface area contributed by atoms with Gasteiger partial charge in [0.25, 0.3) is 5.56 Å². The third kappa shape index (κ3) is 3.70.